The Bertz CT molecular complexity index is 856. The number of esters is 4. The third kappa shape index (κ3) is 15.6. The summed E-state index contributed by atoms with van der Waals surface area (Å²) >= 11 is 0. The van der Waals surface area contributed by atoms with Crippen LogP contribution in [0.15, 0.2) is 24.3 Å². The molecule has 0 aliphatic heterocycles. The summed E-state index contributed by atoms with van der Waals surface area (Å²) in [5.41, 5.74) is 0.514. The highest BCUT2D eigenvalue weighted by molar-refractivity contribution is 5.87. The lowest BCUT2D eigenvalue weighted by Crippen LogP contribution is -2.53. The van der Waals surface area contributed by atoms with Crippen molar-refractivity contribution in [2.45, 2.75) is 90.1 Å². The lowest BCUT2D eigenvalue weighted by atomic mass is 9.90. The summed E-state index contributed by atoms with van der Waals surface area (Å²) in [6, 6.07) is -0.431. The average Bonchev–Trinajstić information content (AvgIpc) is 2.89. The molecule has 12 nitrogen and oxygen atoms in total. The van der Waals surface area contributed by atoms with Gasteiger partial charge in [0.2, 0.25) is 11.8 Å². The van der Waals surface area contributed by atoms with E-state index in [1.165, 1.54) is 13.8 Å². The van der Waals surface area contributed by atoms with E-state index in [1.54, 1.807) is 0 Å². The van der Waals surface area contributed by atoms with Gasteiger partial charge in [0.25, 0.3) is 0 Å². The number of carbonyl (C=O) groups is 6. The molecule has 0 heterocycles. The van der Waals surface area contributed by atoms with E-state index in [2.05, 4.69) is 23.8 Å². The lowest BCUT2D eigenvalue weighted by Gasteiger charge is -2.33. The molecule has 1 saturated carbocycles. The summed E-state index contributed by atoms with van der Waals surface area (Å²) in [7, 11) is 0. The van der Waals surface area contributed by atoms with Gasteiger partial charge in [-0.25, -0.2) is 9.59 Å². The molecule has 0 aromatic rings. The first-order chi connectivity index (χ1) is 19.0. The smallest absolute Gasteiger partial charge is 0.333 e. The molecule has 2 unspecified atom stereocenters. The van der Waals surface area contributed by atoms with Crippen LogP contribution < -0.4 is 10.6 Å². The van der Waals surface area contributed by atoms with Crippen LogP contribution in [0.25, 0.3) is 0 Å². The van der Waals surface area contributed by atoms with Crippen LogP contribution in [0.5, 0.6) is 0 Å². The van der Waals surface area contributed by atoms with Crippen molar-refractivity contribution in [3.63, 3.8) is 0 Å². The zero-order valence-electron chi connectivity index (χ0n) is 23.6. The molecule has 0 radical (unpaired) electrons. The van der Waals surface area contributed by atoms with Crippen LogP contribution in [0.3, 0.4) is 0 Å². The maximum atomic E-state index is 12.4. The molecule has 40 heavy (non-hydrogen) atoms. The zero-order chi connectivity index (χ0) is 29.9. The Morgan fingerprint density at radius 1 is 0.600 bits per heavy atom. The molecule has 2 amide bonds. The van der Waals surface area contributed by atoms with E-state index in [4.69, 9.17) is 18.9 Å². The highest BCUT2D eigenvalue weighted by Gasteiger charge is 2.27. The van der Waals surface area contributed by atoms with E-state index < -0.39 is 23.9 Å². The highest BCUT2D eigenvalue weighted by atomic mass is 16.6. The van der Waals surface area contributed by atoms with Gasteiger partial charge in [-0.2, -0.15) is 0 Å². The fourth-order valence-electron chi connectivity index (χ4n) is 3.79. The zero-order valence-corrected chi connectivity index (χ0v) is 23.6. The number of carbonyl (C=O) groups excluding carboxylic acids is 6. The molecule has 0 aromatic carbocycles. The van der Waals surface area contributed by atoms with Gasteiger partial charge in [-0.15, -0.1) is 0 Å². The van der Waals surface area contributed by atoms with Crippen LogP contribution in [0.1, 0.15) is 78.1 Å². The maximum Gasteiger partial charge on any atom is 0.333 e. The summed E-state index contributed by atoms with van der Waals surface area (Å²) in [5, 5.41) is 5.91. The lowest BCUT2D eigenvalue weighted by molar-refractivity contribution is -0.150. The summed E-state index contributed by atoms with van der Waals surface area (Å²) in [5.74, 6) is -2.52. The molecule has 1 rings (SSSR count). The number of amides is 2. The molecule has 2 atom stereocenters. The topological polar surface area (TPSA) is 163 Å². The fraction of sp³-hybridized carbons (Fsp3) is 0.643. The second kappa shape index (κ2) is 19.4. The van der Waals surface area contributed by atoms with Crippen molar-refractivity contribution in [1.82, 2.24) is 10.6 Å². The largest absolute Gasteiger partial charge is 0.462 e. The molecule has 2 N–H and O–H groups in total. The summed E-state index contributed by atoms with van der Waals surface area (Å²) in [6.07, 6.45) is 4.26. The third-order valence-electron chi connectivity index (χ3n) is 5.88. The Morgan fingerprint density at radius 2 is 0.950 bits per heavy atom. The van der Waals surface area contributed by atoms with E-state index in [1.807, 2.05) is 0 Å². The monoisotopic (exact) mass is 566 g/mol. The van der Waals surface area contributed by atoms with Crippen molar-refractivity contribution < 1.29 is 47.7 Å². The van der Waals surface area contributed by atoms with Gasteiger partial charge >= 0.3 is 23.9 Å². The van der Waals surface area contributed by atoms with Gasteiger partial charge in [0.1, 0.15) is 26.4 Å². The minimum atomic E-state index is -0.554. The number of hydrogen-bond donors (Lipinski definition) is 2. The molecule has 12 heteroatoms. The fourth-order valence-corrected chi connectivity index (χ4v) is 3.79. The van der Waals surface area contributed by atoms with E-state index in [0.717, 1.165) is 25.7 Å². The van der Waals surface area contributed by atoms with Crippen LogP contribution in [-0.4, -0.2) is 74.2 Å². The quantitative estimate of drug-likeness (QED) is 0.109. The SMILES string of the molecule is C=C(C)C(=O)OCCOC(=O)CCCC(=O)NC1CCCCC1NC(=O)CCCC(=O)OCCOC(=O)C(=C)C. The van der Waals surface area contributed by atoms with Gasteiger partial charge in [-0.1, -0.05) is 26.0 Å². The molecule has 1 aliphatic rings. The minimum Gasteiger partial charge on any atom is -0.462 e. The number of ether oxygens (including phenoxy) is 4. The number of rotatable bonds is 18. The van der Waals surface area contributed by atoms with E-state index in [-0.39, 0.29) is 87.2 Å². The molecule has 0 aromatic heterocycles. The average molecular weight is 567 g/mol. The van der Waals surface area contributed by atoms with Crippen LogP contribution in [0.4, 0.5) is 0 Å². The Hall–Kier alpha value is -3.70. The predicted octanol–water partition coefficient (Wildman–Crippen LogP) is 2.20. The van der Waals surface area contributed by atoms with Gasteiger partial charge in [0, 0.05) is 48.9 Å². The standard InChI is InChI=1S/C28H42N2O10/c1-19(2)27(35)39-17-15-37-25(33)13-7-11-23(31)29-21-9-5-6-10-22(21)30-24(32)12-8-14-26(34)38-16-18-40-28(36)20(3)4/h21-22H,1,3,5-18H2,2,4H3,(H,29,31)(H,30,32). The first-order valence-electron chi connectivity index (χ1n) is 13.5. The van der Waals surface area contributed by atoms with E-state index >= 15 is 0 Å². The van der Waals surface area contributed by atoms with Gasteiger partial charge in [0.05, 0.1) is 0 Å². The van der Waals surface area contributed by atoms with Crippen molar-refractivity contribution >= 4 is 35.7 Å². The van der Waals surface area contributed by atoms with Crippen molar-refractivity contribution in [3.05, 3.63) is 24.3 Å². The van der Waals surface area contributed by atoms with Crippen molar-refractivity contribution in [3.8, 4) is 0 Å². The minimum absolute atomic E-state index is 0.0504. The highest BCUT2D eigenvalue weighted by Crippen LogP contribution is 2.19. The summed E-state index contributed by atoms with van der Waals surface area (Å²) in [4.78, 5) is 71.0. The molecule has 0 spiro atoms. The maximum absolute atomic E-state index is 12.4. The van der Waals surface area contributed by atoms with Crippen LogP contribution in [0, 0.1) is 0 Å². The Balaban J connectivity index is 2.24. The molecule has 1 aliphatic carbocycles. The molecule has 0 saturated heterocycles. The first-order valence-corrected chi connectivity index (χ1v) is 13.5. The Kier molecular flexibility index (Phi) is 16.6. The van der Waals surface area contributed by atoms with Gasteiger partial charge in [0.15, 0.2) is 0 Å². The van der Waals surface area contributed by atoms with Crippen molar-refractivity contribution in [2.75, 3.05) is 26.4 Å². The number of hydrogen-bond acceptors (Lipinski definition) is 10. The predicted molar refractivity (Wildman–Crippen MR) is 143 cm³/mol. The first kappa shape index (κ1) is 34.3. The van der Waals surface area contributed by atoms with Crippen LogP contribution >= 0.6 is 0 Å². The second-order valence-electron chi connectivity index (χ2n) is 9.61. The molecule has 0 bridgehead atoms. The van der Waals surface area contributed by atoms with Gasteiger partial charge in [-0.3, -0.25) is 19.2 Å². The van der Waals surface area contributed by atoms with E-state index in [9.17, 15) is 28.8 Å². The molecular weight excluding hydrogens is 524 g/mol. The van der Waals surface area contributed by atoms with E-state index in [0.29, 0.717) is 12.8 Å². The molecule has 224 valence electrons. The second-order valence-corrected chi connectivity index (χ2v) is 9.61. The summed E-state index contributed by atoms with van der Waals surface area (Å²) < 4.78 is 19.6. The molecular formula is C28H42N2O10. The number of nitrogens with one attached hydrogen (secondary N) is 2. The van der Waals surface area contributed by atoms with Crippen LogP contribution in [-0.2, 0) is 47.7 Å². The van der Waals surface area contributed by atoms with Gasteiger partial charge in [-0.05, 0) is 39.5 Å². The Morgan fingerprint density at radius 3 is 1.30 bits per heavy atom. The van der Waals surface area contributed by atoms with Crippen LogP contribution in [0.2, 0.25) is 0 Å². The van der Waals surface area contributed by atoms with Crippen molar-refractivity contribution in [1.29, 1.82) is 0 Å². The third-order valence-corrected chi connectivity index (χ3v) is 5.88. The van der Waals surface area contributed by atoms with Crippen molar-refractivity contribution in [2.24, 2.45) is 0 Å². The Labute approximate surface area is 235 Å². The molecule has 1 fully saturated rings. The van der Waals surface area contributed by atoms with Gasteiger partial charge < -0.3 is 29.6 Å². The normalized spacial score (nSPS) is 16.1. The summed E-state index contributed by atoms with van der Waals surface area (Å²) in [6.45, 7) is 9.68.